The molecule has 7 nitrogen and oxygen atoms in total. The number of nitrogens with zero attached hydrogens (tertiary/aromatic N) is 4. The normalized spacial score (nSPS) is 17.1. The zero-order valence-corrected chi connectivity index (χ0v) is 30.4. The first-order chi connectivity index (χ1) is 24.4. The van der Waals surface area contributed by atoms with E-state index in [0.717, 1.165) is 96.0 Å². The fourth-order valence-corrected chi connectivity index (χ4v) is 7.97. The summed E-state index contributed by atoms with van der Waals surface area (Å²) in [6, 6.07) is 28.3. The van der Waals surface area contributed by atoms with Gasteiger partial charge in [0.05, 0.1) is 7.11 Å². The molecule has 1 N–H and O–H groups in total. The number of methoxy groups -OCH3 is 1. The summed E-state index contributed by atoms with van der Waals surface area (Å²) in [6.07, 6.45) is 3.21. The number of carbonyl (C=O) groups excluding carboxylic acids is 1. The Balaban J connectivity index is 0.989. The molecule has 7 rings (SSSR count). The van der Waals surface area contributed by atoms with Crippen molar-refractivity contribution in [1.82, 2.24) is 24.6 Å². The first kappa shape index (κ1) is 34.3. The third-order valence-corrected chi connectivity index (χ3v) is 11.4. The Hall–Kier alpha value is -4.17. The number of fused-ring (bicyclic) bond motifs is 2. The molecule has 1 aromatic heterocycles. The van der Waals surface area contributed by atoms with Crippen molar-refractivity contribution in [2.45, 2.75) is 39.0 Å². The third kappa shape index (κ3) is 7.60. The van der Waals surface area contributed by atoms with E-state index in [1.807, 2.05) is 11.0 Å². The highest BCUT2D eigenvalue weighted by Gasteiger charge is 2.24. The number of amides is 1. The van der Waals surface area contributed by atoms with Crippen molar-refractivity contribution in [2.24, 2.45) is 0 Å². The molecule has 1 amide bonds. The summed E-state index contributed by atoms with van der Waals surface area (Å²) in [5, 5.41) is 3.82. The van der Waals surface area contributed by atoms with Gasteiger partial charge in [-0.05, 0) is 116 Å². The van der Waals surface area contributed by atoms with Crippen molar-refractivity contribution >= 4 is 27.6 Å². The highest BCUT2D eigenvalue weighted by Crippen LogP contribution is 2.33. The molecule has 0 spiro atoms. The molecular weight excluding hydrogens is 619 g/mol. The number of likely N-dealkylation sites (N-methyl/N-ethyl adjacent to an activating group) is 1. The number of ether oxygens (including phenoxy) is 1. The summed E-state index contributed by atoms with van der Waals surface area (Å²) < 4.78 is 5.49. The monoisotopic (exact) mass is 671 g/mol. The largest absolute Gasteiger partial charge is 0.497 e. The molecule has 50 heavy (non-hydrogen) atoms. The lowest BCUT2D eigenvalue weighted by Gasteiger charge is -2.35. The zero-order chi connectivity index (χ0) is 34.6. The van der Waals surface area contributed by atoms with Gasteiger partial charge in [-0.25, -0.2) is 0 Å². The van der Waals surface area contributed by atoms with Crippen molar-refractivity contribution in [2.75, 3.05) is 79.6 Å². The van der Waals surface area contributed by atoms with Crippen LogP contribution in [0.25, 0.3) is 21.7 Å². The van der Waals surface area contributed by atoms with Crippen LogP contribution in [0.1, 0.15) is 57.1 Å². The predicted molar refractivity (Wildman–Crippen MR) is 206 cm³/mol. The second kappa shape index (κ2) is 15.4. The lowest BCUT2D eigenvalue weighted by molar-refractivity contribution is 0.0638. The highest BCUT2D eigenvalue weighted by atomic mass is 16.5. The molecule has 262 valence electrons. The fourth-order valence-electron chi connectivity index (χ4n) is 7.97. The van der Waals surface area contributed by atoms with Gasteiger partial charge in [0.1, 0.15) is 5.75 Å². The van der Waals surface area contributed by atoms with Crippen LogP contribution in [0.15, 0.2) is 78.9 Å². The quantitative estimate of drug-likeness (QED) is 0.162. The van der Waals surface area contributed by atoms with Crippen LogP contribution in [0.3, 0.4) is 0 Å². The summed E-state index contributed by atoms with van der Waals surface area (Å²) in [4.78, 5) is 26.8. The highest BCUT2D eigenvalue weighted by molar-refractivity contribution is 5.94. The van der Waals surface area contributed by atoms with E-state index >= 15 is 0 Å². The van der Waals surface area contributed by atoms with Gasteiger partial charge in [0.25, 0.3) is 5.91 Å². The molecule has 7 heteroatoms. The second-order valence-electron chi connectivity index (χ2n) is 14.5. The minimum Gasteiger partial charge on any atom is -0.497 e. The number of H-pyrrole nitrogens is 1. The maximum atomic E-state index is 13.7. The van der Waals surface area contributed by atoms with E-state index in [1.165, 1.54) is 49.6 Å². The summed E-state index contributed by atoms with van der Waals surface area (Å²) in [7, 11) is 3.94. The number of benzene rings is 4. The molecule has 0 saturated carbocycles. The Morgan fingerprint density at radius 1 is 0.780 bits per heavy atom. The molecule has 1 unspecified atom stereocenters. The first-order valence-electron chi connectivity index (χ1n) is 18.5. The Morgan fingerprint density at radius 2 is 1.50 bits per heavy atom. The molecule has 2 fully saturated rings. The van der Waals surface area contributed by atoms with Gasteiger partial charge < -0.3 is 24.4 Å². The van der Waals surface area contributed by atoms with Crippen LogP contribution in [0, 0.1) is 13.8 Å². The predicted octanol–water partition coefficient (Wildman–Crippen LogP) is 7.11. The number of rotatable bonds is 11. The van der Waals surface area contributed by atoms with E-state index in [2.05, 4.69) is 113 Å². The van der Waals surface area contributed by atoms with Gasteiger partial charge in [-0.3, -0.25) is 9.69 Å². The first-order valence-corrected chi connectivity index (χ1v) is 18.5. The van der Waals surface area contributed by atoms with E-state index in [9.17, 15) is 4.79 Å². The standard InChI is InChI=1S/C43H53N5O2/c1-31-32(2)44-42-17-15-37(29-40(31)42)39(9-6-19-46-23-21-45(3)22-24-46)35-10-12-36(13-11-35)43(49)48-27-25-47(26-28-48)20-18-34-8-5-7-33-14-16-38(50-4)30-41(33)34/h5,7-8,10-17,29-30,39,44H,6,9,18-28H2,1-4H3. The van der Waals surface area contributed by atoms with Gasteiger partial charge in [-0.1, -0.05) is 42.5 Å². The summed E-state index contributed by atoms with van der Waals surface area (Å²) >= 11 is 0. The van der Waals surface area contributed by atoms with Gasteiger partial charge in [-0.15, -0.1) is 0 Å². The number of carbonyl (C=O) groups is 1. The number of piperazine rings is 2. The van der Waals surface area contributed by atoms with Crippen LogP contribution in [0.2, 0.25) is 0 Å². The molecule has 4 aromatic carbocycles. The van der Waals surface area contributed by atoms with Crippen LogP contribution in [0.4, 0.5) is 0 Å². The van der Waals surface area contributed by atoms with Gasteiger partial charge in [-0.2, -0.15) is 0 Å². The SMILES string of the molecule is COc1ccc2cccc(CCN3CCN(C(=O)c4ccc(C(CCCN5CCN(C)CC5)c5ccc6[nH]c(C)c(C)c6c5)cc4)CC3)c2c1. The van der Waals surface area contributed by atoms with Gasteiger partial charge in [0.15, 0.2) is 0 Å². The van der Waals surface area contributed by atoms with Crippen LogP contribution in [0.5, 0.6) is 5.75 Å². The number of aromatic amines is 1. The van der Waals surface area contributed by atoms with Gasteiger partial charge in [0.2, 0.25) is 0 Å². The van der Waals surface area contributed by atoms with Crippen LogP contribution in [-0.4, -0.2) is 110 Å². The number of aryl methyl sites for hydroxylation is 2. The summed E-state index contributed by atoms with van der Waals surface area (Å²) in [6.45, 7) is 14.4. The smallest absolute Gasteiger partial charge is 0.253 e. The van der Waals surface area contributed by atoms with E-state index in [4.69, 9.17) is 4.74 Å². The van der Waals surface area contributed by atoms with Crippen molar-refractivity contribution in [3.63, 3.8) is 0 Å². The van der Waals surface area contributed by atoms with Crippen molar-refractivity contribution in [3.05, 3.63) is 112 Å². The molecule has 5 aromatic rings. The molecule has 1 atom stereocenters. The molecule has 0 radical (unpaired) electrons. The number of hydrogen-bond donors (Lipinski definition) is 1. The summed E-state index contributed by atoms with van der Waals surface area (Å²) in [5.74, 6) is 1.33. The molecule has 0 bridgehead atoms. The average Bonchev–Trinajstić information content (AvgIpc) is 3.44. The molecule has 2 aliphatic heterocycles. The Labute approximate surface area is 297 Å². The second-order valence-corrected chi connectivity index (χ2v) is 14.5. The molecule has 3 heterocycles. The molecule has 0 aliphatic carbocycles. The Kier molecular flexibility index (Phi) is 10.5. The van der Waals surface area contributed by atoms with E-state index in [0.29, 0.717) is 0 Å². The number of nitrogens with one attached hydrogen (secondary N) is 1. The lowest BCUT2D eigenvalue weighted by Crippen LogP contribution is -2.49. The third-order valence-electron chi connectivity index (χ3n) is 11.4. The van der Waals surface area contributed by atoms with Crippen LogP contribution < -0.4 is 4.74 Å². The molecular formula is C43H53N5O2. The maximum Gasteiger partial charge on any atom is 0.253 e. The topological polar surface area (TPSA) is 55.1 Å². The zero-order valence-electron chi connectivity index (χ0n) is 30.4. The van der Waals surface area contributed by atoms with Crippen LogP contribution in [-0.2, 0) is 6.42 Å². The Morgan fingerprint density at radius 3 is 2.26 bits per heavy atom. The van der Waals surface area contributed by atoms with E-state index in [1.54, 1.807) is 7.11 Å². The number of aromatic nitrogens is 1. The number of hydrogen-bond acceptors (Lipinski definition) is 5. The van der Waals surface area contributed by atoms with Gasteiger partial charge in [0, 0.05) is 87.0 Å². The van der Waals surface area contributed by atoms with Crippen molar-refractivity contribution < 1.29 is 9.53 Å². The molecule has 2 saturated heterocycles. The van der Waals surface area contributed by atoms with Crippen LogP contribution >= 0.6 is 0 Å². The minimum atomic E-state index is 0.142. The molecule has 2 aliphatic rings. The van der Waals surface area contributed by atoms with Gasteiger partial charge >= 0.3 is 0 Å². The van der Waals surface area contributed by atoms with Crippen molar-refractivity contribution in [3.8, 4) is 5.75 Å². The van der Waals surface area contributed by atoms with E-state index < -0.39 is 0 Å². The minimum absolute atomic E-state index is 0.142. The average molecular weight is 672 g/mol. The fraction of sp³-hybridized carbons (Fsp3) is 0.419. The lowest BCUT2D eigenvalue weighted by atomic mass is 9.86. The maximum absolute atomic E-state index is 13.7. The Bertz CT molecular complexity index is 1920. The van der Waals surface area contributed by atoms with E-state index in [-0.39, 0.29) is 11.8 Å². The van der Waals surface area contributed by atoms with Crippen molar-refractivity contribution in [1.29, 1.82) is 0 Å². The summed E-state index contributed by atoms with van der Waals surface area (Å²) in [5.41, 5.74) is 8.55.